The predicted molar refractivity (Wildman–Crippen MR) is 222 cm³/mol. The van der Waals surface area contributed by atoms with Crippen molar-refractivity contribution in [2.45, 2.75) is 199 Å². The number of allylic oxidation sites excluding steroid dienone is 6. The number of nitrogens with zero attached hydrogens (tertiary/aromatic N) is 1. The molecule has 0 spiro atoms. The summed E-state index contributed by atoms with van der Waals surface area (Å²) in [6.07, 6.45) is 41.6. The molecule has 0 rings (SSSR count). The Balaban J connectivity index is 4.38. The van der Waals surface area contributed by atoms with E-state index in [1.54, 1.807) is 21.1 Å². The number of aliphatic carboxylic acids is 1. The predicted octanol–water partition coefficient (Wildman–Crippen LogP) is 10.5. The molecule has 314 valence electrons. The Morgan fingerprint density at radius 2 is 0.981 bits per heavy atom. The monoisotopic (exact) mass is 762 g/mol. The zero-order chi connectivity index (χ0) is 40.0. The number of carbonyl (C=O) groups is 3. The SMILES string of the molecule is CCCCC/C=C/C/C=C/CCCCCCCCCC(=O)OC(COCCC(C(=O)[O-])[N+](C)(C)C)COC(=O)CCCCC/C=C/CCCCCCCC. The van der Waals surface area contributed by atoms with Crippen LogP contribution in [-0.4, -0.2) is 75.5 Å². The fourth-order valence-electron chi connectivity index (χ4n) is 6.27. The third-order valence-corrected chi connectivity index (χ3v) is 9.75. The quantitative estimate of drug-likeness (QED) is 0.0266. The molecule has 8 heteroatoms. The molecule has 0 fully saturated rings. The summed E-state index contributed by atoms with van der Waals surface area (Å²) < 4.78 is 17.1. The molecule has 0 saturated heterocycles. The fraction of sp³-hybridized carbons (Fsp3) is 0.804. The van der Waals surface area contributed by atoms with Crippen molar-refractivity contribution >= 4 is 17.9 Å². The van der Waals surface area contributed by atoms with E-state index in [1.165, 1.54) is 89.9 Å². The molecule has 0 saturated carbocycles. The lowest BCUT2D eigenvalue weighted by atomic mass is 10.1. The van der Waals surface area contributed by atoms with E-state index in [0.717, 1.165) is 64.2 Å². The summed E-state index contributed by atoms with van der Waals surface area (Å²) >= 11 is 0. The Kier molecular flexibility index (Phi) is 35.8. The number of hydrogen-bond donors (Lipinski definition) is 0. The van der Waals surface area contributed by atoms with Gasteiger partial charge in [-0.2, -0.15) is 0 Å². The van der Waals surface area contributed by atoms with Crippen LogP contribution in [-0.2, 0) is 28.6 Å². The summed E-state index contributed by atoms with van der Waals surface area (Å²) in [4.78, 5) is 36.8. The van der Waals surface area contributed by atoms with E-state index in [9.17, 15) is 19.5 Å². The molecule has 54 heavy (non-hydrogen) atoms. The number of likely N-dealkylation sites (N-methyl/N-ethyl adjacent to an activating group) is 1. The second kappa shape index (κ2) is 37.5. The molecule has 0 aromatic rings. The van der Waals surface area contributed by atoms with Crippen LogP contribution >= 0.6 is 0 Å². The number of hydrogen-bond acceptors (Lipinski definition) is 7. The Hall–Kier alpha value is -2.45. The van der Waals surface area contributed by atoms with Crippen molar-refractivity contribution < 1.29 is 38.2 Å². The van der Waals surface area contributed by atoms with Gasteiger partial charge in [0, 0.05) is 19.3 Å². The number of unbranched alkanes of at least 4 members (excludes halogenated alkanes) is 19. The van der Waals surface area contributed by atoms with Crippen LogP contribution in [0, 0.1) is 0 Å². The van der Waals surface area contributed by atoms with Gasteiger partial charge in [-0.3, -0.25) is 9.59 Å². The number of carboxylic acids is 1. The van der Waals surface area contributed by atoms with Gasteiger partial charge >= 0.3 is 11.9 Å². The summed E-state index contributed by atoms with van der Waals surface area (Å²) in [5.41, 5.74) is 0. The average molecular weight is 762 g/mol. The highest BCUT2D eigenvalue weighted by atomic mass is 16.6. The van der Waals surface area contributed by atoms with Crippen molar-refractivity contribution in [3.8, 4) is 0 Å². The molecule has 0 aromatic carbocycles. The first kappa shape index (κ1) is 51.5. The minimum absolute atomic E-state index is 0.0337. The van der Waals surface area contributed by atoms with E-state index in [1.807, 2.05) is 0 Å². The summed E-state index contributed by atoms with van der Waals surface area (Å²) in [5, 5.41) is 11.6. The molecular formula is C46H83NO7. The van der Waals surface area contributed by atoms with Crippen LogP contribution in [0.25, 0.3) is 0 Å². The van der Waals surface area contributed by atoms with Crippen molar-refractivity contribution in [3.05, 3.63) is 36.5 Å². The van der Waals surface area contributed by atoms with Crippen LogP contribution in [0.1, 0.15) is 187 Å². The van der Waals surface area contributed by atoms with E-state index in [4.69, 9.17) is 14.2 Å². The van der Waals surface area contributed by atoms with Gasteiger partial charge in [-0.25, -0.2) is 0 Å². The van der Waals surface area contributed by atoms with E-state index >= 15 is 0 Å². The summed E-state index contributed by atoms with van der Waals surface area (Å²) in [6.45, 7) is 4.60. The van der Waals surface area contributed by atoms with Crippen LogP contribution in [0.2, 0.25) is 0 Å². The van der Waals surface area contributed by atoms with Gasteiger partial charge in [0.2, 0.25) is 0 Å². The molecule has 8 nitrogen and oxygen atoms in total. The highest BCUT2D eigenvalue weighted by Gasteiger charge is 2.25. The minimum atomic E-state index is -1.13. The van der Waals surface area contributed by atoms with Gasteiger partial charge < -0.3 is 28.6 Å². The number of esters is 2. The molecular weight excluding hydrogens is 679 g/mol. The topological polar surface area (TPSA) is 102 Å². The molecule has 2 unspecified atom stereocenters. The Bertz CT molecular complexity index is 984. The molecule has 0 heterocycles. The number of carbonyl (C=O) groups excluding carboxylic acids is 3. The van der Waals surface area contributed by atoms with Gasteiger partial charge in [0.15, 0.2) is 6.10 Å². The first-order chi connectivity index (χ1) is 26.1. The Morgan fingerprint density at radius 3 is 1.50 bits per heavy atom. The normalized spacial score (nSPS) is 13.3. The average Bonchev–Trinajstić information content (AvgIpc) is 3.12. The summed E-state index contributed by atoms with van der Waals surface area (Å²) in [5.74, 6) is -1.76. The molecule has 0 bridgehead atoms. The van der Waals surface area contributed by atoms with E-state index in [2.05, 4.69) is 50.3 Å². The Labute approximate surface area is 332 Å². The highest BCUT2D eigenvalue weighted by molar-refractivity contribution is 5.70. The van der Waals surface area contributed by atoms with Crippen molar-refractivity contribution in [1.29, 1.82) is 0 Å². The van der Waals surface area contributed by atoms with Gasteiger partial charge in [-0.1, -0.05) is 134 Å². The standard InChI is InChI=1S/C46H83NO7/c1-6-8-10-12-14-16-18-20-21-22-23-25-27-29-31-33-35-37-45(49)54-42(40-52-39-38-43(46(50)51)47(3,4)5)41-53-44(48)36-34-32-30-28-26-24-19-17-15-13-11-9-7-2/h14,16,20-21,24,26,42-43H,6-13,15,17-19,22-23,25,27-41H2,1-5H3/b16-14+,21-20+,26-24+. The van der Waals surface area contributed by atoms with Gasteiger partial charge in [0.1, 0.15) is 12.6 Å². The van der Waals surface area contributed by atoms with Crippen molar-refractivity contribution in [2.75, 3.05) is 41.0 Å². The minimum Gasteiger partial charge on any atom is -0.544 e. The zero-order valence-electron chi connectivity index (χ0n) is 35.6. The third-order valence-electron chi connectivity index (χ3n) is 9.75. The van der Waals surface area contributed by atoms with Crippen LogP contribution in [0.3, 0.4) is 0 Å². The van der Waals surface area contributed by atoms with Gasteiger partial charge in [-0.05, 0) is 70.6 Å². The first-order valence-corrected chi connectivity index (χ1v) is 22.0. The van der Waals surface area contributed by atoms with Crippen molar-refractivity contribution in [2.24, 2.45) is 0 Å². The largest absolute Gasteiger partial charge is 0.544 e. The molecule has 0 aromatic heterocycles. The second-order valence-corrected chi connectivity index (χ2v) is 15.9. The molecule has 0 aliphatic heterocycles. The zero-order valence-corrected chi connectivity index (χ0v) is 35.6. The first-order valence-electron chi connectivity index (χ1n) is 22.0. The smallest absolute Gasteiger partial charge is 0.306 e. The molecule has 0 aliphatic carbocycles. The number of ether oxygens (including phenoxy) is 3. The molecule has 0 N–H and O–H groups in total. The van der Waals surface area contributed by atoms with Crippen LogP contribution in [0.5, 0.6) is 0 Å². The number of carboxylic acid groups (broad SMARTS) is 1. The summed E-state index contributed by atoms with van der Waals surface area (Å²) in [6, 6.07) is -0.728. The molecule has 0 radical (unpaired) electrons. The lowest BCUT2D eigenvalue weighted by Gasteiger charge is -2.34. The number of rotatable bonds is 39. The van der Waals surface area contributed by atoms with Crippen LogP contribution < -0.4 is 5.11 Å². The Morgan fingerprint density at radius 1 is 0.556 bits per heavy atom. The fourth-order valence-corrected chi connectivity index (χ4v) is 6.27. The lowest BCUT2D eigenvalue weighted by Crippen LogP contribution is -2.55. The number of quaternary nitrogens is 1. The lowest BCUT2D eigenvalue weighted by molar-refractivity contribution is -0.889. The second-order valence-electron chi connectivity index (χ2n) is 15.9. The van der Waals surface area contributed by atoms with Crippen LogP contribution in [0.4, 0.5) is 0 Å². The molecule has 0 aliphatic rings. The highest BCUT2D eigenvalue weighted by Crippen LogP contribution is 2.13. The maximum Gasteiger partial charge on any atom is 0.306 e. The summed E-state index contributed by atoms with van der Waals surface area (Å²) in [7, 11) is 5.40. The van der Waals surface area contributed by atoms with E-state index in [0.29, 0.717) is 12.8 Å². The maximum atomic E-state index is 12.7. The van der Waals surface area contributed by atoms with Crippen LogP contribution in [0.15, 0.2) is 36.5 Å². The van der Waals surface area contributed by atoms with Crippen molar-refractivity contribution in [3.63, 3.8) is 0 Å². The van der Waals surface area contributed by atoms with Gasteiger partial charge in [0.25, 0.3) is 0 Å². The third kappa shape index (κ3) is 35.3. The molecule has 0 amide bonds. The van der Waals surface area contributed by atoms with Gasteiger partial charge in [0.05, 0.1) is 40.3 Å². The van der Waals surface area contributed by atoms with Gasteiger partial charge in [-0.15, -0.1) is 0 Å². The molecule has 2 atom stereocenters. The maximum absolute atomic E-state index is 12.7. The van der Waals surface area contributed by atoms with E-state index in [-0.39, 0.29) is 42.7 Å². The van der Waals surface area contributed by atoms with E-state index < -0.39 is 18.1 Å². The van der Waals surface area contributed by atoms with Crippen molar-refractivity contribution in [1.82, 2.24) is 0 Å².